The Kier molecular flexibility index (Phi) is 3.58. The lowest BCUT2D eigenvalue weighted by Gasteiger charge is -2.05. The van der Waals surface area contributed by atoms with Gasteiger partial charge >= 0.3 is 0 Å². The van der Waals surface area contributed by atoms with Gasteiger partial charge in [0, 0.05) is 18.2 Å². The third kappa shape index (κ3) is 2.62. The van der Waals surface area contributed by atoms with Gasteiger partial charge in [-0.3, -0.25) is 4.57 Å². The summed E-state index contributed by atoms with van der Waals surface area (Å²) < 4.78 is 3.63. The second kappa shape index (κ2) is 5.74. The first-order valence-corrected chi connectivity index (χ1v) is 8.83. The molecule has 7 nitrogen and oxygen atoms in total. The van der Waals surface area contributed by atoms with Crippen molar-refractivity contribution >= 4 is 34.1 Å². The summed E-state index contributed by atoms with van der Waals surface area (Å²) in [6.45, 7) is 2.01. The van der Waals surface area contributed by atoms with Crippen molar-refractivity contribution in [2.24, 2.45) is 7.05 Å². The smallest absolute Gasteiger partial charge is 0.254 e. The number of fused-ring (bicyclic) bond motifs is 1. The molecule has 3 heterocycles. The first-order valence-electron chi connectivity index (χ1n) is 6.96. The van der Waals surface area contributed by atoms with E-state index in [4.69, 9.17) is 4.98 Å². The molecular weight excluding hydrogens is 330 g/mol. The maximum absolute atomic E-state index is 4.72. The third-order valence-electron chi connectivity index (χ3n) is 3.34. The lowest BCUT2D eigenvalue weighted by molar-refractivity contribution is 0.682. The van der Waals surface area contributed by atoms with Crippen molar-refractivity contribution in [1.82, 2.24) is 34.7 Å². The number of hydrogen-bond acceptors (Lipinski definition) is 7. The number of hydrogen-bond donors (Lipinski definition) is 0. The predicted molar refractivity (Wildman–Crippen MR) is 89.8 cm³/mol. The topological polar surface area (TPSA) is 74.3 Å². The SMILES string of the molecule is Cc1nc(CSc2nc3ccccc3n2-c2nnnn2C)cs1. The zero-order valence-corrected chi connectivity index (χ0v) is 14.2. The summed E-state index contributed by atoms with van der Waals surface area (Å²) in [5.74, 6) is 1.41. The number of benzene rings is 1. The van der Waals surface area contributed by atoms with Crippen LogP contribution in [-0.4, -0.2) is 34.7 Å². The van der Waals surface area contributed by atoms with Crippen LogP contribution in [0, 0.1) is 6.92 Å². The van der Waals surface area contributed by atoms with Crippen LogP contribution in [0.15, 0.2) is 34.8 Å². The molecule has 3 aromatic heterocycles. The summed E-state index contributed by atoms with van der Waals surface area (Å²) >= 11 is 3.29. The normalized spacial score (nSPS) is 11.4. The Hall–Kier alpha value is -2.26. The lowest BCUT2D eigenvalue weighted by atomic mass is 10.3. The van der Waals surface area contributed by atoms with E-state index in [0.717, 1.165) is 32.6 Å². The highest BCUT2D eigenvalue weighted by Crippen LogP contribution is 2.29. The fraction of sp³-hybridized carbons (Fsp3) is 0.214. The minimum Gasteiger partial charge on any atom is -0.254 e. The molecule has 0 radical (unpaired) electrons. The van der Waals surface area contributed by atoms with Gasteiger partial charge in [0.1, 0.15) is 0 Å². The van der Waals surface area contributed by atoms with Gasteiger partial charge in [0.2, 0.25) is 0 Å². The fourth-order valence-electron chi connectivity index (χ4n) is 2.32. The molecule has 0 bridgehead atoms. The van der Waals surface area contributed by atoms with Crippen LogP contribution in [0.1, 0.15) is 10.7 Å². The molecule has 0 saturated carbocycles. The van der Waals surface area contributed by atoms with E-state index in [0.29, 0.717) is 5.95 Å². The van der Waals surface area contributed by atoms with Crippen molar-refractivity contribution < 1.29 is 0 Å². The van der Waals surface area contributed by atoms with Gasteiger partial charge in [-0.2, -0.15) is 0 Å². The quantitative estimate of drug-likeness (QED) is 0.530. The Balaban J connectivity index is 1.77. The summed E-state index contributed by atoms with van der Waals surface area (Å²) in [7, 11) is 1.82. The van der Waals surface area contributed by atoms with Crippen LogP contribution in [0.5, 0.6) is 0 Å². The molecule has 0 fully saturated rings. The zero-order valence-electron chi connectivity index (χ0n) is 12.5. The summed E-state index contributed by atoms with van der Waals surface area (Å²) in [5.41, 5.74) is 2.97. The van der Waals surface area contributed by atoms with E-state index < -0.39 is 0 Å². The Morgan fingerprint density at radius 3 is 2.83 bits per heavy atom. The molecule has 4 rings (SSSR count). The Morgan fingerprint density at radius 1 is 1.22 bits per heavy atom. The number of aromatic nitrogens is 7. The van der Waals surface area contributed by atoms with Crippen molar-refractivity contribution in [3.05, 3.63) is 40.3 Å². The highest BCUT2D eigenvalue weighted by Gasteiger charge is 2.17. The molecule has 0 aliphatic carbocycles. The van der Waals surface area contributed by atoms with Gasteiger partial charge in [-0.15, -0.1) is 11.3 Å². The van der Waals surface area contributed by atoms with E-state index in [-0.39, 0.29) is 0 Å². The second-order valence-electron chi connectivity index (χ2n) is 4.97. The molecule has 116 valence electrons. The van der Waals surface area contributed by atoms with Gasteiger partial charge in [0.05, 0.1) is 21.7 Å². The van der Waals surface area contributed by atoms with Crippen LogP contribution < -0.4 is 0 Å². The van der Waals surface area contributed by atoms with E-state index in [2.05, 4.69) is 25.9 Å². The van der Waals surface area contributed by atoms with Crippen LogP contribution >= 0.6 is 23.1 Å². The van der Waals surface area contributed by atoms with E-state index in [1.54, 1.807) is 27.8 Å². The van der Waals surface area contributed by atoms with Crippen LogP contribution in [0.3, 0.4) is 0 Å². The van der Waals surface area contributed by atoms with Gasteiger partial charge in [-0.1, -0.05) is 29.0 Å². The largest absolute Gasteiger partial charge is 0.256 e. The first-order chi connectivity index (χ1) is 11.2. The van der Waals surface area contributed by atoms with E-state index in [1.807, 2.05) is 42.8 Å². The molecule has 0 saturated heterocycles. The van der Waals surface area contributed by atoms with Crippen LogP contribution in [-0.2, 0) is 12.8 Å². The fourth-order valence-corrected chi connectivity index (χ4v) is 3.94. The minimum atomic E-state index is 0.649. The Bertz CT molecular complexity index is 968. The van der Waals surface area contributed by atoms with E-state index in [9.17, 15) is 0 Å². The van der Waals surface area contributed by atoms with Crippen molar-refractivity contribution in [3.8, 4) is 5.95 Å². The molecule has 0 spiro atoms. The number of nitrogens with zero attached hydrogens (tertiary/aromatic N) is 7. The summed E-state index contributed by atoms with van der Waals surface area (Å²) in [5, 5.41) is 15.8. The lowest BCUT2D eigenvalue weighted by Crippen LogP contribution is -2.05. The standard InChI is InChI=1S/C14H13N7S2/c1-9-15-10(7-22-9)8-23-14-16-11-5-3-4-6-12(11)21(14)13-17-18-19-20(13)2/h3-7H,8H2,1-2H3. The highest BCUT2D eigenvalue weighted by molar-refractivity contribution is 7.98. The summed E-state index contributed by atoms with van der Waals surface area (Å²) in [4.78, 5) is 9.23. The molecule has 0 atom stereocenters. The maximum atomic E-state index is 4.72. The van der Waals surface area contributed by atoms with Crippen molar-refractivity contribution in [2.75, 3.05) is 0 Å². The summed E-state index contributed by atoms with van der Waals surface area (Å²) in [6, 6.07) is 7.98. The average Bonchev–Trinajstić information content (AvgIpc) is 3.23. The number of rotatable bonds is 4. The number of tetrazole rings is 1. The molecule has 0 aliphatic heterocycles. The molecule has 23 heavy (non-hydrogen) atoms. The molecule has 0 N–H and O–H groups in total. The van der Waals surface area contributed by atoms with Crippen molar-refractivity contribution in [3.63, 3.8) is 0 Å². The molecule has 9 heteroatoms. The molecule has 0 amide bonds. The maximum Gasteiger partial charge on any atom is 0.256 e. The van der Waals surface area contributed by atoms with Crippen LogP contribution in [0.2, 0.25) is 0 Å². The second-order valence-corrected chi connectivity index (χ2v) is 6.97. The van der Waals surface area contributed by atoms with Gasteiger partial charge < -0.3 is 0 Å². The number of para-hydroxylation sites is 2. The van der Waals surface area contributed by atoms with Crippen molar-refractivity contribution in [1.29, 1.82) is 0 Å². The number of imidazole rings is 1. The highest BCUT2D eigenvalue weighted by atomic mass is 32.2. The predicted octanol–water partition coefficient (Wildman–Crippen LogP) is 2.61. The number of aryl methyl sites for hydroxylation is 2. The zero-order chi connectivity index (χ0) is 15.8. The average molecular weight is 343 g/mol. The third-order valence-corrected chi connectivity index (χ3v) is 5.14. The van der Waals surface area contributed by atoms with Gasteiger partial charge in [0.15, 0.2) is 5.16 Å². The van der Waals surface area contributed by atoms with Gasteiger partial charge in [0.25, 0.3) is 5.95 Å². The van der Waals surface area contributed by atoms with Gasteiger partial charge in [-0.05, 0) is 29.5 Å². The van der Waals surface area contributed by atoms with Crippen LogP contribution in [0.25, 0.3) is 17.0 Å². The molecule has 0 unspecified atom stereocenters. The molecule has 1 aromatic carbocycles. The molecule has 0 aliphatic rings. The minimum absolute atomic E-state index is 0.649. The van der Waals surface area contributed by atoms with Crippen molar-refractivity contribution in [2.45, 2.75) is 17.8 Å². The Morgan fingerprint density at radius 2 is 2.09 bits per heavy atom. The Labute approximate surface area is 140 Å². The van der Waals surface area contributed by atoms with E-state index >= 15 is 0 Å². The number of thiazole rings is 1. The summed E-state index contributed by atoms with van der Waals surface area (Å²) in [6.07, 6.45) is 0. The van der Waals surface area contributed by atoms with Gasteiger partial charge in [-0.25, -0.2) is 14.6 Å². The van der Waals surface area contributed by atoms with E-state index in [1.165, 1.54) is 0 Å². The van der Waals surface area contributed by atoms with Crippen LogP contribution in [0.4, 0.5) is 0 Å². The first kappa shape index (κ1) is 14.3. The molecular formula is C14H13N7S2. The monoisotopic (exact) mass is 343 g/mol. The molecule has 4 aromatic rings. The number of thioether (sulfide) groups is 1.